The van der Waals surface area contributed by atoms with Crippen LogP contribution < -0.4 is 5.43 Å². The molecule has 1 fully saturated rings. The van der Waals surface area contributed by atoms with Gasteiger partial charge in [-0.1, -0.05) is 18.2 Å². The van der Waals surface area contributed by atoms with E-state index in [1.807, 2.05) is 30.3 Å². The maximum atomic E-state index is 11.7. The Kier molecular flexibility index (Phi) is 3.78. The Morgan fingerprint density at radius 3 is 2.95 bits per heavy atom. The number of hydrogen-bond donors (Lipinski definition) is 1. The van der Waals surface area contributed by atoms with E-state index in [9.17, 15) is 4.79 Å². The third-order valence-electron chi connectivity index (χ3n) is 3.39. The molecule has 1 amide bonds. The lowest BCUT2D eigenvalue weighted by atomic mass is 10.2. The molecule has 1 aromatic carbocycles. The summed E-state index contributed by atoms with van der Waals surface area (Å²) in [6.45, 7) is 2.42. The Morgan fingerprint density at radius 1 is 1.35 bits per heavy atom. The first-order valence-electron chi connectivity index (χ1n) is 6.84. The van der Waals surface area contributed by atoms with Crippen LogP contribution in [0.5, 0.6) is 0 Å². The SMILES string of the molecule is O=C(CN1CCCC1)NN=Cc1cc2ccccc2o1. The Balaban J connectivity index is 1.55. The Labute approximate surface area is 117 Å². The van der Waals surface area contributed by atoms with Gasteiger partial charge in [-0.2, -0.15) is 5.10 Å². The standard InChI is InChI=1S/C15H17N3O2/c19-15(11-18-7-3-4-8-18)17-16-10-13-9-12-5-1-2-6-14(12)20-13/h1-2,5-6,9-10H,3-4,7-8,11H2,(H,17,19). The van der Waals surface area contributed by atoms with Crippen LogP contribution in [0.25, 0.3) is 11.0 Å². The van der Waals surface area contributed by atoms with Crippen molar-refractivity contribution in [3.05, 3.63) is 36.1 Å². The quantitative estimate of drug-likeness (QED) is 0.683. The molecule has 0 spiro atoms. The van der Waals surface area contributed by atoms with Crippen LogP contribution in [0.15, 0.2) is 39.9 Å². The molecule has 0 bridgehead atoms. The second kappa shape index (κ2) is 5.88. The Morgan fingerprint density at radius 2 is 2.15 bits per heavy atom. The van der Waals surface area contributed by atoms with Crippen molar-refractivity contribution in [3.8, 4) is 0 Å². The minimum Gasteiger partial charge on any atom is -0.455 e. The fourth-order valence-electron chi connectivity index (χ4n) is 2.41. The van der Waals surface area contributed by atoms with Crippen LogP contribution in [0.1, 0.15) is 18.6 Å². The predicted octanol–water partition coefficient (Wildman–Crippen LogP) is 1.98. The molecule has 1 saturated heterocycles. The van der Waals surface area contributed by atoms with E-state index in [-0.39, 0.29) is 5.91 Å². The van der Waals surface area contributed by atoms with Crippen LogP contribution in [0.4, 0.5) is 0 Å². The number of nitrogens with one attached hydrogen (secondary N) is 1. The Bertz CT molecular complexity index is 594. The van der Waals surface area contributed by atoms with Gasteiger partial charge < -0.3 is 4.42 Å². The lowest BCUT2D eigenvalue weighted by Gasteiger charge is -2.11. The zero-order chi connectivity index (χ0) is 13.8. The van der Waals surface area contributed by atoms with Crippen molar-refractivity contribution >= 4 is 23.1 Å². The average molecular weight is 271 g/mol. The molecule has 5 nitrogen and oxygen atoms in total. The summed E-state index contributed by atoms with van der Waals surface area (Å²) in [4.78, 5) is 13.8. The molecule has 20 heavy (non-hydrogen) atoms. The minimum absolute atomic E-state index is 0.0840. The highest BCUT2D eigenvalue weighted by Gasteiger charge is 2.14. The van der Waals surface area contributed by atoms with E-state index in [1.165, 1.54) is 19.1 Å². The number of hydrogen-bond acceptors (Lipinski definition) is 4. The van der Waals surface area contributed by atoms with Crippen molar-refractivity contribution < 1.29 is 9.21 Å². The van der Waals surface area contributed by atoms with E-state index in [4.69, 9.17) is 4.42 Å². The summed E-state index contributed by atoms with van der Waals surface area (Å²) >= 11 is 0. The number of likely N-dealkylation sites (tertiary alicyclic amines) is 1. The second-order valence-electron chi connectivity index (χ2n) is 4.96. The molecule has 0 saturated carbocycles. The van der Waals surface area contributed by atoms with E-state index in [1.54, 1.807) is 0 Å². The highest BCUT2D eigenvalue weighted by molar-refractivity contribution is 5.87. The molecule has 3 rings (SSSR count). The molecule has 1 aliphatic rings. The van der Waals surface area contributed by atoms with Gasteiger partial charge in [0.15, 0.2) is 0 Å². The fourth-order valence-corrected chi connectivity index (χ4v) is 2.41. The zero-order valence-corrected chi connectivity index (χ0v) is 11.2. The van der Waals surface area contributed by atoms with E-state index in [0.717, 1.165) is 24.1 Å². The highest BCUT2D eigenvalue weighted by Crippen LogP contribution is 2.17. The maximum Gasteiger partial charge on any atom is 0.254 e. The smallest absolute Gasteiger partial charge is 0.254 e. The number of fused-ring (bicyclic) bond motifs is 1. The molecule has 0 unspecified atom stereocenters. The highest BCUT2D eigenvalue weighted by atomic mass is 16.3. The van der Waals surface area contributed by atoms with Crippen molar-refractivity contribution in [2.45, 2.75) is 12.8 Å². The molecular weight excluding hydrogens is 254 g/mol. The van der Waals surface area contributed by atoms with Gasteiger partial charge in [0.25, 0.3) is 5.91 Å². The first kappa shape index (κ1) is 12.9. The number of carbonyl (C=O) groups excluding carboxylic acids is 1. The van der Waals surface area contributed by atoms with Gasteiger partial charge in [0.1, 0.15) is 11.3 Å². The Hall–Kier alpha value is -2.14. The molecule has 1 aromatic heterocycles. The van der Waals surface area contributed by atoms with Crippen LogP contribution in [-0.4, -0.2) is 36.7 Å². The summed E-state index contributed by atoms with van der Waals surface area (Å²) in [5.74, 6) is 0.548. The third kappa shape index (κ3) is 3.05. The number of carbonyl (C=O) groups is 1. The summed E-state index contributed by atoms with van der Waals surface area (Å²) in [6, 6.07) is 9.65. The zero-order valence-electron chi connectivity index (χ0n) is 11.2. The van der Waals surface area contributed by atoms with Gasteiger partial charge in [0.05, 0.1) is 12.8 Å². The summed E-state index contributed by atoms with van der Waals surface area (Å²) in [7, 11) is 0. The molecule has 2 heterocycles. The van der Waals surface area contributed by atoms with Crippen LogP contribution in [0, 0.1) is 0 Å². The van der Waals surface area contributed by atoms with Crippen molar-refractivity contribution in [3.63, 3.8) is 0 Å². The molecule has 0 aliphatic carbocycles. The number of para-hydroxylation sites is 1. The van der Waals surface area contributed by atoms with Gasteiger partial charge in [-0.05, 0) is 38.1 Å². The molecule has 2 aromatic rings. The molecule has 0 radical (unpaired) electrons. The number of nitrogens with zero attached hydrogens (tertiary/aromatic N) is 2. The number of furan rings is 1. The summed E-state index contributed by atoms with van der Waals surface area (Å²) in [5.41, 5.74) is 3.35. The number of amides is 1. The lowest BCUT2D eigenvalue weighted by molar-refractivity contribution is -0.121. The predicted molar refractivity (Wildman–Crippen MR) is 77.6 cm³/mol. The number of rotatable bonds is 4. The van der Waals surface area contributed by atoms with Crippen molar-refractivity contribution in [1.29, 1.82) is 0 Å². The first-order chi connectivity index (χ1) is 9.81. The number of hydrazone groups is 1. The maximum absolute atomic E-state index is 11.7. The van der Waals surface area contributed by atoms with Gasteiger partial charge in [0.2, 0.25) is 0 Å². The molecule has 1 aliphatic heterocycles. The minimum atomic E-state index is -0.0840. The van der Waals surface area contributed by atoms with E-state index >= 15 is 0 Å². The van der Waals surface area contributed by atoms with Crippen molar-refractivity contribution in [2.75, 3.05) is 19.6 Å². The van der Waals surface area contributed by atoms with Crippen LogP contribution in [0.2, 0.25) is 0 Å². The van der Waals surface area contributed by atoms with Crippen LogP contribution in [-0.2, 0) is 4.79 Å². The van der Waals surface area contributed by atoms with Gasteiger partial charge >= 0.3 is 0 Å². The summed E-state index contributed by atoms with van der Waals surface area (Å²) < 4.78 is 5.57. The molecule has 0 atom stereocenters. The first-order valence-corrected chi connectivity index (χ1v) is 6.84. The third-order valence-corrected chi connectivity index (χ3v) is 3.39. The monoisotopic (exact) mass is 271 g/mol. The van der Waals surface area contributed by atoms with Gasteiger partial charge in [-0.3, -0.25) is 9.69 Å². The summed E-state index contributed by atoms with van der Waals surface area (Å²) in [5, 5.41) is 4.96. The topological polar surface area (TPSA) is 57.8 Å². The number of benzene rings is 1. The van der Waals surface area contributed by atoms with Gasteiger partial charge in [0, 0.05) is 5.39 Å². The van der Waals surface area contributed by atoms with Crippen molar-refractivity contribution in [1.82, 2.24) is 10.3 Å². The second-order valence-corrected chi connectivity index (χ2v) is 4.96. The molecular formula is C15H17N3O2. The normalized spacial score (nSPS) is 16.2. The molecule has 5 heteroatoms. The van der Waals surface area contributed by atoms with Crippen LogP contribution in [0.3, 0.4) is 0 Å². The van der Waals surface area contributed by atoms with E-state index < -0.39 is 0 Å². The van der Waals surface area contributed by atoms with E-state index in [2.05, 4.69) is 15.4 Å². The van der Waals surface area contributed by atoms with Gasteiger partial charge in [-0.15, -0.1) is 0 Å². The lowest BCUT2D eigenvalue weighted by Crippen LogP contribution is -2.33. The van der Waals surface area contributed by atoms with Crippen molar-refractivity contribution in [2.24, 2.45) is 5.10 Å². The van der Waals surface area contributed by atoms with Gasteiger partial charge in [-0.25, -0.2) is 5.43 Å². The average Bonchev–Trinajstić information content (AvgIpc) is 3.07. The molecule has 1 N–H and O–H groups in total. The fraction of sp³-hybridized carbons (Fsp3) is 0.333. The largest absolute Gasteiger partial charge is 0.455 e. The van der Waals surface area contributed by atoms with Crippen LogP contribution >= 0.6 is 0 Å². The summed E-state index contributed by atoms with van der Waals surface area (Å²) in [6.07, 6.45) is 3.88. The van der Waals surface area contributed by atoms with E-state index in [0.29, 0.717) is 12.3 Å². The molecule has 104 valence electrons.